The predicted octanol–water partition coefficient (Wildman–Crippen LogP) is 1.16. The molecule has 140 valence electrons. The van der Waals surface area contributed by atoms with Gasteiger partial charge < -0.3 is 15.7 Å². The summed E-state index contributed by atoms with van der Waals surface area (Å²) in [7, 11) is 0. The zero-order valence-electron chi connectivity index (χ0n) is 14.2. The van der Waals surface area contributed by atoms with Crippen molar-refractivity contribution in [1.82, 2.24) is 15.2 Å². The molecule has 1 saturated heterocycles. The van der Waals surface area contributed by atoms with Crippen LogP contribution in [0.15, 0.2) is 41.3 Å². The van der Waals surface area contributed by atoms with Crippen LogP contribution in [0, 0.1) is 12.7 Å². The van der Waals surface area contributed by atoms with Gasteiger partial charge in [0.2, 0.25) is 0 Å². The van der Waals surface area contributed by atoms with Gasteiger partial charge in [0.25, 0.3) is 11.5 Å². The van der Waals surface area contributed by atoms with Crippen LogP contribution in [0.25, 0.3) is 5.69 Å². The van der Waals surface area contributed by atoms with Gasteiger partial charge in [0, 0.05) is 31.0 Å². The number of carbonyl (C=O) groups excluding carboxylic acids is 1. The van der Waals surface area contributed by atoms with E-state index in [2.05, 4.69) is 10.6 Å². The molecule has 0 bridgehead atoms. The van der Waals surface area contributed by atoms with Crippen molar-refractivity contribution >= 4 is 18.3 Å². The lowest BCUT2D eigenvalue weighted by molar-refractivity contribution is 0.0874. The zero-order chi connectivity index (χ0) is 18.0. The smallest absolute Gasteiger partial charge is 0.268 e. The Morgan fingerprint density at radius 1 is 1.27 bits per heavy atom. The molecule has 0 spiro atoms. The molecular formula is C18H21ClFN3O3. The molecule has 0 saturated carbocycles. The first-order chi connectivity index (χ1) is 12.0. The first-order valence-electron chi connectivity index (χ1n) is 8.13. The minimum absolute atomic E-state index is 0. The van der Waals surface area contributed by atoms with Crippen LogP contribution in [0.2, 0.25) is 0 Å². The summed E-state index contributed by atoms with van der Waals surface area (Å²) in [6, 6.07) is 6.92. The van der Waals surface area contributed by atoms with Crippen LogP contribution in [0.3, 0.4) is 0 Å². The summed E-state index contributed by atoms with van der Waals surface area (Å²) in [5.41, 5.74) is 0.626. The van der Waals surface area contributed by atoms with Gasteiger partial charge in [-0.2, -0.15) is 0 Å². The van der Waals surface area contributed by atoms with Crippen LogP contribution in [-0.4, -0.2) is 40.8 Å². The summed E-state index contributed by atoms with van der Waals surface area (Å²) in [5, 5.41) is 15.5. The molecule has 26 heavy (non-hydrogen) atoms. The number of nitrogens with zero attached hydrogens (tertiary/aromatic N) is 1. The minimum Gasteiger partial charge on any atom is -0.392 e. The van der Waals surface area contributed by atoms with E-state index in [1.807, 2.05) is 0 Å². The maximum absolute atomic E-state index is 13.1. The van der Waals surface area contributed by atoms with Crippen LogP contribution in [-0.2, 0) is 0 Å². The van der Waals surface area contributed by atoms with Crippen molar-refractivity contribution in [3.63, 3.8) is 0 Å². The second-order valence-corrected chi connectivity index (χ2v) is 6.24. The van der Waals surface area contributed by atoms with Crippen molar-refractivity contribution in [2.75, 3.05) is 13.1 Å². The van der Waals surface area contributed by atoms with Crippen LogP contribution in [0.5, 0.6) is 0 Å². The van der Waals surface area contributed by atoms with Gasteiger partial charge in [-0.1, -0.05) is 0 Å². The first-order valence-corrected chi connectivity index (χ1v) is 8.13. The quantitative estimate of drug-likeness (QED) is 0.745. The molecule has 2 aromatic rings. The normalized spacial score (nSPS) is 19.5. The Labute approximate surface area is 156 Å². The van der Waals surface area contributed by atoms with Crippen molar-refractivity contribution in [3.05, 3.63) is 63.8 Å². The number of halogens is 2. The number of rotatable bonds is 3. The average Bonchev–Trinajstić information content (AvgIpc) is 2.56. The number of aliphatic hydroxyl groups is 1. The summed E-state index contributed by atoms with van der Waals surface area (Å²) in [5.74, 6) is -0.870. The molecule has 1 aliphatic heterocycles. The van der Waals surface area contributed by atoms with E-state index in [9.17, 15) is 19.1 Å². The third kappa shape index (κ3) is 4.30. The zero-order valence-corrected chi connectivity index (χ0v) is 15.1. The summed E-state index contributed by atoms with van der Waals surface area (Å²) >= 11 is 0. The Kier molecular flexibility index (Phi) is 6.52. The Hall–Kier alpha value is -2.22. The monoisotopic (exact) mass is 381 g/mol. The molecule has 6 nitrogen and oxygen atoms in total. The molecule has 3 N–H and O–H groups in total. The van der Waals surface area contributed by atoms with E-state index in [4.69, 9.17) is 0 Å². The number of aromatic nitrogens is 1. The predicted molar refractivity (Wildman–Crippen MR) is 98.7 cm³/mol. The van der Waals surface area contributed by atoms with Crippen molar-refractivity contribution in [3.8, 4) is 5.69 Å². The lowest BCUT2D eigenvalue weighted by atomic mass is 10.0. The van der Waals surface area contributed by atoms with Gasteiger partial charge in [0.05, 0.1) is 6.10 Å². The minimum atomic E-state index is -0.521. The fourth-order valence-corrected chi connectivity index (χ4v) is 2.99. The van der Waals surface area contributed by atoms with Crippen molar-refractivity contribution in [1.29, 1.82) is 0 Å². The van der Waals surface area contributed by atoms with Crippen LogP contribution >= 0.6 is 12.4 Å². The number of hydrogen-bond donors (Lipinski definition) is 3. The second kappa shape index (κ2) is 8.44. The Morgan fingerprint density at radius 3 is 2.62 bits per heavy atom. The topological polar surface area (TPSA) is 83.4 Å². The Balaban J connectivity index is 0.00000243. The SMILES string of the molecule is Cc1ccn(-c2ccc(F)cc2)c(=O)c1C(=O)N[C@@H]1CNC[C@H](O)C1.Cl. The van der Waals surface area contributed by atoms with E-state index < -0.39 is 23.4 Å². The second-order valence-electron chi connectivity index (χ2n) is 6.24. The van der Waals surface area contributed by atoms with Gasteiger partial charge in [0.1, 0.15) is 11.4 Å². The van der Waals surface area contributed by atoms with Gasteiger partial charge in [-0.05, 0) is 49.2 Å². The number of pyridine rings is 1. The number of β-amino-alcohol motifs (C(OH)–C–C–N with tert-alkyl or cyclic N) is 1. The molecule has 2 heterocycles. The molecule has 0 aliphatic carbocycles. The highest BCUT2D eigenvalue weighted by Gasteiger charge is 2.24. The van der Waals surface area contributed by atoms with Gasteiger partial charge >= 0.3 is 0 Å². The van der Waals surface area contributed by atoms with Crippen molar-refractivity contribution in [2.24, 2.45) is 0 Å². The molecule has 1 aromatic carbocycles. The lowest BCUT2D eigenvalue weighted by Crippen LogP contribution is -2.51. The number of aliphatic hydroxyl groups excluding tert-OH is 1. The number of amides is 1. The van der Waals surface area contributed by atoms with Gasteiger partial charge in [0.15, 0.2) is 0 Å². The Bertz CT molecular complexity index is 839. The molecule has 0 radical (unpaired) electrons. The molecule has 8 heteroatoms. The molecule has 1 fully saturated rings. The maximum atomic E-state index is 13.1. The standard InChI is InChI=1S/C18H20FN3O3.ClH/c1-11-6-7-22(14-4-2-12(19)3-5-14)18(25)16(11)17(24)21-13-8-15(23)10-20-9-13;/h2-7,13,15,20,23H,8-10H2,1H3,(H,21,24);1H/t13-,15+;/m0./s1. The molecule has 3 rings (SSSR count). The summed E-state index contributed by atoms with van der Waals surface area (Å²) in [6.07, 6.45) is 1.48. The number of nitrogens with one attached hydrogen (secondary N) is 2. The molecular weight excluding hydrogens is 361 g/mol. The number of benzene rings is 1. The van der Waals surface area contributed by atoms with Crippen molar-refractivity contribution < 1.29 is 14.3 Å². The first kappa shape index (κ1) is 20.1. The van der Waals surface area contributed by atoms with Crippen LogP contribution < -0.4 is 16.2 Å². The third-order valence-corrected chi connectivity index (χ3v) is 4.29. The van der Waals surface area contributed by atoms with E-state index in [0.717, 1.165) is 0 Å². The fraction of sp³-hybridized carbons (Fsp3) is 0.333. The maximum Gasteiger partial charge on any atom is 0.268 e. The molecule has 1 amide bonds. The van der Waals surface area contributed by atoms with E-state index in [1.165, 1.54) is 28.8 Å². The molecule has 2 atom stereocenters. The van der Waals surface area contributed by atoms with E-state index in [1.54, 1.807) is 19.2 Å². The molecule has 0 unspecified atom stereocenters. The molecule has 1 aromatic heterocycles. The highest BCUT2D eigenvalue weighted by Crippen LogP contribution is 2.11. The molecule has 1 aliphatic rings. The van der Waals surface area contributed by atoms with Gasteiger partial charge in [-0.25, -0.2) is 4.39 Å². The summed E-state index contributed by atoms with van der Waals surface area (Å²) in [4.78, 5) is 25.4. The fourth-order valence-electron chi connectivity index (χ4n) is 2.99. The summed E-state index contributed by atoms with van der Waals surface area (Å²) < 4.78 is 14.4. The van der Waals surface area contributed by atoms with Gasteiger partial charge in [-0.15, -0.1) is 12.4 Å². The Morgan fingerprint density at radius 2 is 1.96 bits per heavy atom. The van der Waals surface area contributed by atoms with E-state index in [-0.39, 0.29) is 24.0 Å². The van der Waals surface area contributed by atoms with E-state index in [0.29, 0.717) is 30.8 Å². The van der Waals surface area contributed by atoms with Crippen molar-refractivity contribution in [2.45, 2.75) is 25.5 Å². The number of carbonyl (C=O) groups is 1. The average molecular weight is 382 g/mol. The highest BCUT2D eigenvalue weighted by atomic mass is 35.5. The number of piperidine rings is 1. The highest BCUT2D eigenvalue weighted by molar-refractivity contribution is 5.95. The lowest BCUT2D eigenvalue weighted by Gasteiger charge is -2.27. The largest absolute Gasteiger partial charge is 0.392 e. The van der Waals surface area contributed by atoms with E-state index >= 15 is 0 Å². The van der Waals surface area contributed by atoms with Crippen LogP contribution in [0.4, 0.5) is 4.39 Å². The van der Waals surface area contributed by atoms with Gasteiger partial charge in [-0.3, -0.25) is 14.2 Å². The number of hydrogen-bond acceptors (Lipinski definition) is 4. The third-order valence-electron chi connectivity index (χ3n) is 4.29. The van der Waals surface area contributed by atoms with Crippen LogP contribution in [0.1, 0.15) is 22.3 Å². The summed E-state index contributed by atoms with van der Waals surface area (Å²) in [6.45, 7) is 2.73. The number of aryl methyl sites for hydroxylation is 1.